The Labute approximate surface area is 209 Å². The average molecular weight is 505 g/mol. The van der Waals surface area contributed by atoms with Crippen LogP contribution in [0.1, 0.15) is 89.5 Å². The smallest absolute Gasteiger partial charge is 0.354 e. The molecule has 0 spiro atoms. The summed E-state index contributed by atoms with van der Waals surface area (Å²) < 4.78 is 17.3. The van der Waals surface area contributed by atoms with Gasteiger partial charge in [-0.15, -0.1) is 4.36 Å². The van der Waals surface area contributed by atoms with Crippen LogP contribution in [0.15, 0.2) is 39.6 Å². The Bertz CT molecular complexity index is 1150. The quantitative estimate of drug-likeness (QED) is 0.345. The Morgan fingerprint density at radius 2 is 1.34 bits per heavy atom. The Balaban J connectivity index is 2.63. The minimum Gasteiger partial charge on any atom is -0.388 e. The van der Waals surface area contributed by atoms with E-state index in [-0.39, 0.29) is 16.7 Å². The van der Waals surface area contributed by atoms with Crippen molar-refractivity contribution in [3.05, 3.63) is 52.6 Å². The molecule has 6 N–H and O–H groups in total. The van der Waals surface area contributed by atoms with Gasteiger partial charge in [-0.3, -0.25) is 0 Å². The van der Waals surface area contributed by atoms with E-state index < -0.39 is 27.1 Å². The highest BCUT2D eigenvalue weighted by molar-refractivity contribution is 7.91. The molecule has 0 heterocycles. The standard InChI is InChI=1S/C26H40N4O4S/c1-15(2)21-13-19(28-9)14-22(16(3)4)23(21)29-24(31)30-35(27,34)20-11-17(25(5,6)32)10-18(12-20)26(7,8)33/h10-16,28,32-33H,1-9H3,(H3,27,29,30,31,34). The largest absolute Gasteiger partial charge is 0.388 e. The summed E-state index contributed by atoms with van der Waals surface area (Å²) in [7, 11) is -1.86. The molecule has 0 radical (unpaired) electrons. The summed E-state index contributed by atoms with van der Waals surface area (Å²) in [6.45, 7) is 14.4. The molecule has 0 saturated heterocycles. The van der Waals surface area contributed by atoms with Gasteiger partial charge in [-0.05, 0) is 86.1 Å². The molecule has 2 rings (SSSR count). The lowest BCUT2D eigenvalue weighted by Gasteiger charge is -2.25. The molecule has 35 heavy (non-hydrogen) atoms. The zero-order chi connectivity index (χ0) is 26.9. The van der Waals surface area contributed by atoms with Gasteiger partial charge in [0, 0.05) is 18.4 Å². The molecule has 194 valence electrons. The number of nitrogens with one attached hydrogen (secondary N) is 2. The predicted molar refractivity (Wildman–Crippen MR) is 143 cm³/mol. The summed E-state index contributed by atoms with van der Waals surface area (Å²) >= 11 is 0. The molecule has 0 aliphatic carbocycles. The fourth-order valence-corrected chi connectivity index (χ4v) is 4.66. The summed E-state index contributed by atoms with van der Waals surface area (Å²) in [5.41, 5.74) is 1.60. The molecule has 0 aliphatic rings. The van der Waals surface area contributed by atoms with Gasteiger partial charge in [0.15, 0.2) is 0 Å². The van der Waals surface area contributed by atoms with Crippen molar-refractivity contribution in [3.63, 3.8) is 0 Å². The van der Waals surface area contributed by atoms with Crippen LogP contribution in [0.2, 0.25) is 0 Å². The van der Waals surface area contributed by atoms with Crippen LogP contribution >= 0.6 is 0 Å². The van der Waals surface area contributed by atoms with Crippen molar-refractivity contribution in [2.24, 2.45) is 9.50 Å². The van der Waals surface area contributed by atoms with Crippen LogP contribution in [0.3, 0.4) is 0 Å². The van der Waals surface area contributed by atoms with Crippen molar-refractivity contribution in [3.8, 4) is 0 Å². The third kappa shape index (κ3) is 7.04. The Kier molecular flexibility index (Phi) is 8.44. The highest BCUT2D eigenvalue weighted by Crippen LogP contribution is 2.36. The monoisotopic (exact) mass is 504 g/mol. The fraction of sp³-hybridized carbons (Fsp3) is 0.500. The van der Waals surface area contributed by atoms with Crippen LogP contribution in [0.4, 0.5) is 16.2 Å². The summed E-state index contributed by atoms with van der Waals surface area (Å²) in [6, 6.07) is 7.62. The number of carbonyl (C=O) groups is 1. The van der Waals surface area contributed by atoms with E-state index in [0.717, 1.165) is 16.8 Å². The molecule has 0 aromatic heterocycles. The second kappa shape index (κ2) is 10.3. The molecule has 2 amide bonds. The normalized spacial score (nSPS) is 14.1. The lowest BCUT2D eigenvalue weighted by Crippen LogP contribution is -2.24. The van der Waals surface area contributed by atoms with Gasteiger partial charge in [-0.2, -0.15) is 0 Å². The van der Waals surface area contributed by atoms with E-state index in [0.29, 0.717) is 16.8 Å². The molecule has 0 bridgehead atoms. The molecule has 8 nitrogen and oxygen atoms in total. The third-order valence-corrected chi connectivity index (χ3v) is 7.19. The molecule has 0 aliphatic heterocycles. The van der Waals surface area contributed by atoms with Crippen LogP contribution in [0.5, 0.6) is 0 Å². The van der Waals surface area contributed by atoms with Crippen molar-refractivity contribution in [1.82, 2.24) is 0 Å². The van der Waals surface area contributed by atoms with Gasteiger partial charge < -0.3 is 20.8 Å². The van der Waals surface area contributed by atoms with Gasteiger partial charge in [-0.1, -0.05) is 33.8 Å². The number of nitrogens with zero attached hydrogens (tertiary/aromatic N) is 1. The number of carbonyl (C=O) groups excluding carboxylic acids is 1. The third-order valence-electron chi connectivity index (χ3n) is 5.84. The van der Waals surface area contributed by atoms with Crippen LogP contribution in [-0.2, 0) is 21.1 Å². The number of amides is 2. The van der Waals surface area contributed by atoms with Crippen molar-refractivity contribution in [1.29, 1.82) is 0 Å². The summed E-state index contributed by atoms with van der Waals surface area (Å²) in [4.78, 5) is 13.1. The topological polar surface area (TPSA) is 137 Å². The molecule has 9 heteroatoms. The summed E-state index contributed by atoms with van der Waals surface area (Å²) in [5.74, 6) is 0.215. The maximum absolute atomic E-state index is 13.5. The van der Waals surface area contributed by atoms with Crippen LogP contribution < -0.4 is 15.8 Å². The number of hydrogen-bond acceptors (Lipinski definition) is 5. The molecule has 2 aromatic rings. The highest BCUT2D eigenvalue weighted by atomic mass is 32.2. The lowest BCUT2D eigenvalue weighted by molar-refractivity contribution is 0.0713. The summed E-state index contributed by atoms with van der Waals surface area (Å²) in [6.07, 6.45) is 0. The Morgan fingerprint density at radius 1 is 0.914 bits per heavy atom. The van der Waals surface area contributed by atoms with E-state index in [1.54, 1.807) is 33.8 Å². The molecular weight excluding hydrogens is 464 g/mol. The van der Waals surface area contributed by atoms with Crippen LogP contribution in [-0.4, -0.2) is 27.5 Å². The van der Waals surface area contributed by atoms with Gasteiger partial charge in [0.05, 0.1) is 16.1 Å². The average Bonchev–Trinajstić information content (AvgIpc) is 2.71. The minimum atomic E-state index is -3.70. The minimum absolute atomic E-state index is 0.0445. The number of urea groups is 1. The number of benzene rings is 2. The summed E-state index contributed by atoms with van der Waals surface area (Å²) in [5, 5.41) is 33.1. The number of rotatable bonds is 7. The SMILES string of the molecule is CNc1cc(C(C)C)c(NC(=O)N=S(N)(=O)c2cc(C(C)(C)O)cc(C(C)(C)O)c2)c(C(C)C)c1. The molecule has 0 saturated carbocycles. The van der Waals surface area contributed by atoms with E-state index >= 15 is 0 Å². The maximum Gasteiger partial charge on any atom is 0.354 e. The first-order valence-electron chi connectivity index (χ1n) is 11.7. The van der Waals surface area contributed by atoms with Crippen molar-refractivity contribution in [2.45, 2.75) is 83.3 Å². The van der Waals surface area contributed by atoms with Gasteiger partial charge in [0.25, 0.3) is 0 Å². The zero-order valence-electron chi connectivity index (χ0n) is 22.2. The second-order valence-electron chi connectivity index (χ2n) is 10.5. The molecule has 1 unspecified atom stereocenters. The van der Waals surface area contributed by atoms with Crippen molar-refractivity contribution < 1.29 is 19.2 Å². The zero-order valence-corrected chi connectivity index (χ0v) is 23.0. The van der Waals surface area contributed by atoms with Crippen molar-refractivity contribution in [2.75, 3.05) is 17.7 Å². The second-order valence-corrected chi connectivity index (χ2v) is 12.3. The first-order valence-corrected chi connectivity index (χ1v) is 13.3. The molecule has 0 fully saturated rings. The van der Waals surface area contributed by atoms with Gasteiger partial charge >= 0.3 is 6.03 Å². The first-order chi connectivity index (χ1) is 15.9. The Morgan fingerprint density at radius 3 is 1.69 bits per heavy atom. The number of aliphatic hydroxyl groups is 2. The van der Waals surface area contributed by atoms with Crippen LogP contribution in [0.25, 0.3) is 0 Å². The molecule has 1 atom stereocenters. The number of anilines is 2. The van der Waals surface area contributed by atoms with Gasteiger partial charge in [-0.25, -0.2) is 14.1 Å². The number of nitrogens with two attached hydrogens (primary N) is 1. The fourth-order valence-electron chi connectivity index (χ4n) is 3.67. The van der Waals surface area contributed by atoms with E-state index in [4.69, 9.17) is 5.14 Å². The molecule has 2 aromatic carbocycles. The maximum atomic E-state index is 13.5. The predicted octanol–water partition coefficient (Wildman–Crippen LogP) is 5.36. The van der Waals surface area contributed by atoms with Crippen molar-refractivity contribution >= 4 is 27.3 Å². The van der Waals surface area contributed by atoms with E-state index in [1.165, 1.54) is 12.1 Å². The van der Waals surface area contributed by atoms with E-state index in [2.05, 4.69) is 15.0 Å². The van der Waals surface area contributed by atoms with Crippen LogP contribution in [0, 0.1) is 0 Å². The van der Waals surface area contributed by atoms with E-state index in [9.17, 15) is 19.2 Å². The van der Waals surface area contributed by atoms with E-state index in [1.807, 2.05) is 46.9 Å². The number of hydrogen-bond donors (Lipinski definition) is 5. The lowest BCUT2D eigenvalue weighted by atomic mass is 9.91. The highest BCUT2D eigenvalue weighted by Gasteiger charge is 2.26. The van der Waals surface area contributed by atoms with Gasteiger partial charge in [0.2, 0.25) is 0 Å². The van der Waals surface area contributed by atoms with Gasteiger partial charge in [0.1, 0.15) is 9.92 Å². The Hall–Kier alpha value is -2.46. The first kappa shape index (κ1) is 28.8. The molecular formula is C26H40N4O4S.